The number of esters is 3. The Morgan fingerprint density at radius 1 is 1.08 bits per heavy atom. The maximum Gasteiger partial charge on any atom is 0.305 e. The van der Waals surface area contributed by atoms with E-state index in [2.05, 4.69) is 20.8 Å². The molecule has 0 bridgehead atoms. The Bertz CT molecular complexity index is 953. The number of carbonyl (C=O) groups is 4. The molecule has 0 aromatic heterocycles. The van der Waals surface area contributed by atoms with Crippen LogP contribution in [0.4, 0.5) is 0 Å². The van der Waals surface area contributed by atoms with E-state index >= 15 is 0 Å². The first-order chi connectivity index (χ1) is 16.9. The average Bonchev–Trinajstić information content (AvgIpc) is 3.16. The molecule has 4 rings (SSSR count). The van der Waals surface area contributed by atoms with Gasteiger partial charge in [-0.05, 0) is 67.3 Å². The normalized spacial score (nSPS) is 40.2. The lowest BCUT2D eigenvalue weighted by Gasteiger charge is -2.62. The van der Waals surface area contributed by atoms with E-state index in [1.54, 1.807) is 6.08 Å². The number of ketones is 1. The van der Waals surface area contributed by atoms with Gasteiger partial charge in [-0.2, -0.15) is 0 Å². The van der Waals surface area contributed by atoms with Crippen LogP contribution in [-0.4, -0.2) is 43.0 Å². The number of fused-ring (bicyclic) bond motifs is 5. The minimum Gasteiger partial charge on any atom is -0.469 e. The summed E-state index contributed by atoms with van der Waals surface area (Å²) in [6.45, 7) is 9.64. The zero-order valence-corrected chi connectivity index (χ0v) is 22.6. The van der Waals surface area contributed by atoms with Crippen LogP contribution in [0.15, 0.2) is 11.6 Å². The molecule has 7 heteroatoms. The molecule has 0 radical (unpaired) electrons. The van der Waals surface area contributed by atoms with Crippen molar-refractivity contribution in [1.82, 2.24) is 0 Å². The Morgan fingerprint density at radius 3 is 2.42 bits per heavy atom. The third-order valence-corrected chi connectivity index (χ3v) is 10.4. The second kappa shape index (κ2) is 9.94. The highest BCUT2D eigenvalue weighted by molar-refractivity contribution is 5.91. The summed E-state index contributed by atoms with van der Waals surface area (Å²) in [6, 6.07) is 0. The predicted molar refractivity (Wildman–Crippen MR) is 132 cm³/mol. The summed E-state index contributed by atoms with van der Waals surface area (Å²) in [5.74, 6) is 0.388. The summed E-state index contributed by atoms with van der Waals surface area (Å²) in [7, 11) is 1.41. The second-order valence-electron chi connectivity index (χ2n) is 12.2. The molecule has 0 spiro atoms. The Kier molecular flexibility index (Phi) is 7.42. The van der Waals surface area contributed by atoms with Gasteiger partial charge in [-0.1, -0.05) is 26.3 Å². The van der Waals surface area contributed by atoms with Crippen LogP contribution in [0.5, 0.6) is 0 Å². The van der Waals surface area contributed by atoms with Gasteiger partial charge in [-0.3, -0.25) is 19.2 Å². The smallest absolute Gasteiger partial charge is 0.305 e. The van der Waals surface area contributed by atoms with Crippen LogP contribution in [-0.2, 0) is 33.4 Å². The lowest BCUT2D eigenvalue weighted by molar-refractivity contribution is -0.199. The van der Waals surface area contributed by atoms with E-state index in [0.717, 1.165) is 31.3 Å². The van der Waals surface area contributed by atoms with Crippen LogP contribution in [0.2, 0.25) is 0 Å². The Labute approximate surface area is 214 Å². The number of hydrogen-bond donors (Lipinski definition) is 0. The number of rotatable bonds is 6. The lowest BCUT2D eigenvalue weighted by atomic mass is 9.45. The SMILES string of the molecule is COC(=O)CC[C@@H](C)[C@H]1CC[C@H]2[C@@H]3[C@H](OC(C)=O)CC4=CC(=O)CC[C@]4(C)[C@H]3C[C@H](OC(C)=O)[C@]12C. The summed E-state index contributed by atoms with van der Waals surface area (Å²) in [5, 5.41) is 0. The van der Waals surface area contributed by atoms with E-state index in [0.29, 0.717) is 25.7 Å². The van der Waals surface area contributed by atoms with Crippen LogP contribution in [0, 0.1) is 40.4 Å². The summed E-state index contributed by atoms with van der Waals surface area (Å²) in [5.41, 5.74) is 0.615. The van der Waals surface area contributed by atoms with Crippen molar-refractivity contribution in [2.24, 2.45) is 40.4 Å². The highest BCUT2D eigenvalue weighted by Crippen LogP contribution is 2.68. The van der Waals surface area contributed by atoms with Crippen molar-refractivity contribution < 1.29 is 33.4 Å². The maximum atomic E-state index is 12.4. The molecule has 4 aliphatic carbocycles. The zero-order valence-electron chi connectivity index (χ0n) is 22.6. The third-order valence-electron chi connectivity index (χ3n) is 10.4. The molecule has 4 aliphatic rings. The molecule has 0 saturated heterocycles. The molecule has 0 aromatic carbocycles. The van der Waals surface area contributed by atoms with Crippen molar-refractivity contribution in [2.45, 2.75) is 98.2 Å². The van der Waals surface area contributed by atoms with E-state index in [1.165, 1.54) is 21.0 Å². The third kappa shape index (κ3) is 4.51. The minimum atomic E-state index is -0.296. The molecular weight excluding hydrogens is 460 g/mol. The second-order valence-corrected chi connectivity index (χ2v) is 12.2. The highest BCUT2D eigenvalue weighted by Gasteiger charge is 2.66. The summed E-state index contributed by atoms with van der Waals surface area (Å²) < 4.78 is 17.0. The van der Waals surface area contributed by atoms with Crippen LogP contribution in [0.3, 0.4) is 0 Å². The van der Waals surface area contributed by atoms with Gasteiger partial charge in [0, 0.05) is 44.4 Å². The van der Waals surface area contributed by atoms with Crippen molar-refractivity contribution in [2.75, 3.05) is 7.11 Å². The highest BCUT2D eigenvalue weighted by atomic mass is 16.5. The maximum absolute atomic E-state index is 12.4. The molecule has 0 unspecified atom stereocenters. The van der Waals surface area contributed by atoms with Gasteiger partial charge >= 0.3 is 17.9 Å². The molecule has 0 heterocycles. The van der Waals surface area contributed by atoms with Gasteiger partial charge in [0.1, 0.15) is 12.2 Å². The molecule has 3 fully saturated rings. The monoisotopic (exact) mass is 502 g/mol. The fourth-order valence-corrected chi connectivity index (χ4v) is 8.76. The van der Waals surface area contributed by atoms with Gasteiger partial charge < -0.3 is 14.2 Å². The molecule has 36 heavy (non-hydrogen) atoms. The van der Waals surface area contributed by atoms with E-state index in [1.807, 2.05) is 0 Å². The Balaban J connectivity index is 1.74. The minimum absolute atomic E-state index is 0.138. The van der Waals surface area contributed by atoms with E-state index < -0.39 is 0 Å². The topological polar surface area (TPSA) is 96.0 Å². The van der Waals surface area contributed by atoms with Crippen LogP contribution in [0.25, 0.3) is 0 Å². The van der Waals surface area contributed by atoms with E-state index in [9.17, 15) is 19.2 Å². The van der Waals surface area contributed by atoms with Gasteiger partial charge in [0.15, 0.2) is 5.78 Å². The van der Waals surface area contributed by atoms with Crippen LogP contribution < -0.4 is 0 Å². The number of hydrogen-bond acceptors (Lipinski definition) is 7. The molecular formula is C29H42O7. The van der Waals surface area contributed by atoms with Crippen molar-refractivity contribution in [3.63, 3.8) is 0 Å². The predicted octanol–water partition coefficient (Wildman–Crippen LogP) is 4.81. The molecule has 3 saturated carbocycles. The van der Waals surface area contributed by atoms with Crippen molar-refractivity contribution in [3.05, 3.63) is 11.6 Å². The van der Waals surface area contributed by atoms with Gasteiger partial charge in [0.2, 0.25) is 0 Å². The van der Waals surface area contributed by atoms with Gasteiger partial charge in [-0.25, -0.2) is 0 Å². The quantitative estimate of drug-likeness (QED) is 0.380. The Morgan fingerprint density at radius 2 is 1.78 bits per heavy atom. The first kappa shape index (κ1) is 26.9. The molecule has 200 valence electrons. The van der Waals surface area contributed by atoms with Gasteiger partial charge in [0.05, 0.1) is 7.11 Å². The Hall–Kier alpha value is -2.18. The standard InChI is InChI=1S/C29H42O7/c1-16(7-10-26(33)34-6)21-8-9-22-27-23(15-25(29(21,22)5)36-18(3)31)28(4)12-11-20(32)13-19(28)14-24(27)35-17(2)30/h13,16,21-25,27H,7-12,14-15H2,1-6H3/t16-,21-,22+,23+,24-,25+,27+,28+,29-/m1/s1. The zero-order chi connectivity index (χ0) is 26.4. The van der Waals surface area contributed by atoms with Crippen molar-refractivity contribution in [1.29, 1.82) is 0 Å². The molecule has 0 N–H and O–H groups in total. The van der Waals surface area contributed by atoms with Crippen LogP contribution >= 0.6 is 0 Å². The van der Waals surface area contributed by atoms with Crippen LogP contribution in [0.1, 0.15) is 86.0 Å². The van der Waals surface area contributed by atoms with Gasteiger partial charge in [0.25, 0.3) is 0 Å². The molecule has 7 nitrogen and oxygen atoms in total. The van der Waals surface area contributed by atoms with Crippen molar-refractivity contribution in [3.8, 4) is 0 Å². The lowest BCUT2D eigenvalue weighted by Crippen LogP contribution is -2.61. The molecule has 9 atom stereocenters. The fourth-order valence-electron chi connectivity index (χ4n) is 8.76. The summed E-state index contributed by atoms with van der Waals surface area (Å²) >= 11 is 0. The number of ether oxygens (including phenoxy) is 3. The molecule has 0 aromatic rings. The first-order valence-corrected chi connectivity index (χ1v) is 13.6. The molecule has 0 aliphatic heterocycles. The average molecular weight is 503 g/mol. The van der Waals surface area contributed by atoms with Gasteiger partial charge in [-0.15, -0.1) is 0 Å². The molecule has 0 amide bonds. The van der Waals surface area contributed by atoms with Crippen molar-refractivity contribution >= 4 is 23.7 Å². The van der Waals surface area contributed by atoms with E-state index in [4.69, 9.17) is 14.2 Å². The summed E-state index contributed by atoms with van der Waals surface area (Å²) in [4.78, 5) is 48.8. The largest absolute Gasteiger partial charge is 0.469 e. The number of carbonyl (C=O) groups excluding carboxylic acids is 4. The van der Waals surface area contributed by atoms with E-state index in [-0.39, 0.29) is 76.3 Å². The summed E-state index contributed by atoms with van der Waals surface area (Å²) in [6.07, 6.45) is 6.87. The first-order valence-electron chi connectivity index (χ1n) is 13.6. The fraction of sp³-hybridized carbons (Fsp3) is 0.793. The number of methoxy groups -OCH3 is 1.